The van der Waals surface area contributed by atoms with Gasteiger partial charge in [-0.2, -0.15) is 0 Å². The number of anilines is 1. The topological polar surface area (TPSA) is 90.7 Å². The van der Waals surface area contributed by atoms with Gasteiger partial charge in [0, 0.05) is 7.11 Å². The maximum absolute atomic E-state index is 11.7. The molecule has 2 amide bonds. The minimum atomic E-state index is -0.557. The second-order valence-electron chi connectivity index (χ2n) is 3.93. The van der Waals surface area contributed by atoms with Gasteiger partial charge in [-0.05, 0) is 19.1 Å². The van der Waals surface area contributed by atoms with E-state index < -0.39 is 12.0 Å². The number of hydrogen-bond acceptors (Lipinski definition) is 4. The number of carbonyl (C=O) groups is 2. The van der Waals surface area contributed by atoms with Gasteiger partial charge < -0.3 is 20.5 Å². The zero-order valence-corrected chi connectivity index (χ0v) is 11.0. The van der Waals surface area contributed by atoms with Crippen LogP contribution in [0, 0.1) is 0 Å². The van der Waals surface area contributed by atoms with Crippen LogP contribution in [0.15, 0.2) is 24.3 Å². The summed E-state index contributed by atoms with van der Waals surface area (Å²) in [5, 5.41) is 2.69. The number of methoxy groups -OCH3 is 1. The van der Waals surface area contributed by atoms with Gasteiger partial charge in [0.15, 0.2) is 0 Å². The molecule has 6 heteroatoms. The van der Waals surface area contributed by atoms with Crippen LogP contribution in [0.2, 0.25) is 0 Å². The Morgan fingerprint density at radius 2 is 2.05 bits per heavy atom. The van der Waals surface area contributed by atoms with Crippen LogP contribution in [0.25, 0.3) is 0 Å². The summed E-state index contributed by atoms with van der Waals surface area (Å²) < 4.78 is 10.3. The standard InChI is InChI=1S/C13H18N2O4/c1-9(18-2)13(17)15-10-5-3-4-6-11(10)19-8-7-12(14)16/h3-6,9H,7-8H2,1-2H3,(H2,14,16)(H,15,17). The lowest BCUT2D eigenvalue weighted by molar-refractivity contribution is -0.124. The molecule has 0 saturated heterocycles. The number of para-hydroxylation sites is 2. The molecule has 1 atom stereocenters. The first-order chi connectivity index (χ1) is 9.04. The maximum atomic E-state index is 11.7. The van der Waals surface area contributed by atoms with E-state index in [0.717, 1.165) is 0 Å². The number of carbonyl (C=O) groups excluding carboxylic acids is 2. The molecule has 1 aromatic carbocycles. The summed E-state index contributed by atoms with van der Waals surface area (Å²) in [7, 11) is 1.46. The minimum Gasteiger partial charge on any atom is -0.491 e. The third-order valence-electron chi connectivity index (χ3n) is 2.47. The summed E-state index contributed by atoms with van der Waals surface area (Å²) in [6, 6.07) is 6.96. The highest BCUT2D eigenvalue weighted by molar-refractivity contribution is 5.95. The number of primary amides is 1. The lowest BCUT2D eigenvalue weighted by Crippen LogP contribution is -2.26. The Bertz CT molecular complexity index is 448. The molecule has 1 aromatic rings. The van der Waals surface area contributed by atoms with Gasteiger partial charge in [0.25, 0.3) is 5.91 Å². The monoisotopic (exact) mass is 266 g/mol. The Morgan fingerprint density at radius 1 is 1.37 bits per heavy atom. The van der Waals surface area contributed by atoms with E-state index in [4.69, 9.17) is 15.2 Å². The van der Waals surface area contributed by atoms with Gasteiger partial charge in [-0.1, -0.05) is 12.1 Å². The van der Waals surface area contributed by atoms with E-state index >= 15 is 0 Å². The van der Waals surface area contributed by atoms with Gasteiger partial charge >= 0.3 is 0 Å². The Kier molecular flexibility index (Phi) is 5.81. The molecule has 0 fully saturated rings. The lowest BCUT2D eigenvalue weighted by atomic mass is 10.2. The molecule has 0 bridgehead atoms. The molecular formula is C13H18N2O4. The van der Waals surface area contributed by atoms with Crippen LogP contribution >= 0.6 is 0 Å². The molecule has 3 N–H and O–H groups in total. The van der Waals surface area contributed by atoms with Crippen LogP contribution in [-0.2, 0) is 14.3 Å². The summed E-state index contributed by atoms with van der Waals surface area (Å²) in [6.45, 7) is 1.81. The first kappa shape index (κ1) is 15.0. The predicted molar refractivity (Wildman–Crippen MR) is 70.8 cm³/mol. The molecule has 0 aliphatic heterocycles. The number of nitrogens with one attached hydrogen (secondary N) is 1. The number of nitrogens with two attached hydrogens (primary N) is 1. The lowest BCUT2D eigenvalue weighted by Gasteiger charge is -2.14. The first-order valence-corrected chi connectivity index (χ1v) is 5.88. The van der Waals surface area contributed by atoms with Crippen molar-refractivity contribution in [3.05, 3.63) is 24.3 Å². The fourth-order valence-electron chi connectivity index (χ4n) is 1.30. The second-order valence-corrected chi connectivity index (χ2v) is 3.93. The highest BCUT2D eigenvalue weighted by atomic mass is 16.5. The highest BCUT2D eigenvalue weighted by Crippen LogP contribution is 2.24. The normalized spacial score (nSPS) is 11.7. The van der Waals surface area contributed by atoms with Crippen molar-refractivity contribution < 1.29 is 19.1 Å². The predicted octanol–water partition coefficient (Wildman–Crippen LogP) is 0.914. The van der Waals surface area contributed by atoms with Gasteiger partial charge in [0.1, 0.15) is 11.9 Å². The summed E-state index contributed by atoms with van der Waals surface area (Å²) >= 11 is 0. The molecule has 0 aliphatic rings. The Morgan fingerprint density at radius 3 is 2.68 bits per heavy atom. The Hall–Kier alpha value is -2.08. The Balaban J connectivity index is 2.67. The molecule has 6 nitrogen and oxygen atoms in total. The average molecular weight is 266 g/mol. The number of rotatable bonds is 7. The van der Waals surface area contributed by atoms with Crippen LogP contribution in [0.5, 0.6) is 5.75 Å². The number of benzene rings is 1. The second kappa shape index (κ2) is 7.38. The fraction of sp³-hybridized carbons (Fsp3) is 0.385. The van der Waals surface area contributed by atoms with Gasteiger partial charge in [0.05, 0.1) is 18.7 Å². The van der Waals surface area contributed by atoms with Gasteiger partial charge in [0.2, 0.25) is 5.91 Å². The van der Waals surface area contributed by atoms with E-state index in [9.17, 15) is 9.59 Å². The molecule has 1 unspecified atom stereocenters. The van der Waals surface area contributed by atoms with E-state index in [2.05, 4.69) is 5.32 Å². The Labute approximate surface area is 111 Å². The summed E-state index contributed by atoms with van der Waals surface area (Å²) in [5.74, 6) is -0.219. The van der Waals surface area contributed by atoms with Crippen LogP contribution in [0.4, 0.5) is 5.69 Å². The molecule has 0 aliphatic carbocycles. The van der Waals surface area contributed by atoms with Gasteiger partial charge in [-0.15, -0.1) is 0 Å². The quantitative estimate of drug-likeness (QED) is 0.767. The van der Waals surface area contributed by atoms with E-state index in [1.54, 1.807) is 31.2 Å². The summed E-state index contributed by atoms with van der Waals surface area (Å²) in [6.07, 6.45) is -0.435. The smallest absolute Gasteiger partial charge is 0.253 e. The fourth-order valence-corrected chi connectivity index (χ4v) is 1.30. The van der Waals surface area contributed by atoms with Gasteiger partial charge in [-0.3, -0.25) is 9.59 Å². The zero-order valence-electron chi connectivity index (χ0n) is 11.0. The molecule has 0 radical (unpaired) electrons. The van der Waals surface area contributed by atoms with Crippen molar-refractivity contribution >= 4 is 17.5 Å². The van der Waals surface area contributed by atoms with E-state index in [-0.39, 0.29) is 18.9 Å². The average Bonchev–Trinajstić information content (AvgIpc) is 2.39. The molecule has 0 aromatic heterocycles. The maximum Gasteiger partial charge on any atom is 0.253 e. The molecule has 19 heavy (non-hydrogen) atoms. The molecule has 0 spiro atoms. The summed E-state index contributed by atoms with van der Waals surface area (Å²) in [5.41, 5.74) is 5.56. The van der Waals surface area contributed by atoms with Crippen molar-refractivity contribution in [3.8, 4) is 5.75 Å². The highest BCUT2D eigenvalue weighted by Gasteiger charge is 2.13. The molecule has 0 saturated carbocycles. The number of ether oxygens (including phenoxy) is 2. The third-order valence-corrected chi connectivity index (χ3v) is 2.47. The molecule has 104 valence electrons. The van der Waals surface area contributed by atoms with Crippen LogP contribution < -0.4 is 15.8 Å². The van der Waals surface area contributed by atoms with Crippen molar-refractivity contribution in [1.29, 1.82) is 0 Å². The first-order valence-electron chi connectivity index (χ1n) is 5.88. The number of amides is 2. The van der Waals surface area contributed by atoms with Crippen LogP contribution in [-0.4, -0.2) is 31.6 Å². The largest absolute Gasteiger partial charge is 0.491 e. The molecule has 0 heterocycles. The van der Waals surface area contributed by atoms with E-state index in [0.29, 0.717) is 11.4 Å². The third kappa shape index (κ3) is 4.97. The van der Waals surface area contributed by atoms with Crippen molar-refractivity contribution in [1.82, 2.24) is 0 Å². The number of hydrogen-bond donors (Lipinski definition) is 2. The zero-order chi connectivity index (χ0) is 14.3. The van der Waals surface area contributed by atoms with Crippen molar-refractivity contribution in [3.63, 3.8) is 0 Å². The van der Waals surface area contributed by atoms with Crippen molar-refractivity contribution in [2.24, 2.45) is 5.73 Å². The van der Waals surface area contributed by atoms with Crippen molar-refractivity contribution in [2.45, 2.75) is 19.4 Å². The minimum absolute atomic E-state index is 0.122. The summed E-state index contributed by atoms with van der Waals surface area (Å²) in [4.78, 5) is 22.3. The van der Waals surface area contributed by atoms with E-state index in [1.165, 1.54) is 7.11 Å². The van der Waals surface area contributed by atoms with Crippen molar-refractivity contribution in [2.75, 3.05) is 19.0 Å². The molecule has 1 rings (SSSR count). The van der Waals surface area contributed by atoms with Crippen LogP contribution in [0.1, 0.15) is 13.3 Å². The SMILES string of the molecule is COC(C)C(=O)Nc1ccccc1OCCC(N)=O. The van der Waals surface area contributed by atoms with Crippen LogP contribution in [0.3, 0.4) is 0 Å². The van der Waals surface area contributed by atoms with E-state index in [1.807, 2.05) is 0 Å². The molecular weight excluding hydrogens is 248 g/mol. The van der Waals surface area contributed by atoms with Gasteiger partial charge in [-0.25, -0.2) is 0 Å².